The Morgan fingerprint density at radius 3 is 2.56 bits per heavy atom. The Hall–Kier alpha value is -1.73. The molecule has 0 amide bonds. The van der Waals surface area contributed by atoms with Crippen LogP contribution >= 0.6 is 0 Å². The van der Waals surface area contributed by atoms with Gasteiger partial charge >= 0.3 is 0 Å². The molecule has 1 heterocycles. The van der Waals surface area contributed by atoms with Crippen LogP contribution in [0.1, 0.15) is 52.4 Å². The van der Waals surface area contributed by atoms with E-state index in [0.29, 0.717) is 30.9 Å². The summed E-state index contributed by atoms with van der Waals surface area (Å²) in [6.07, 6.45) is 6.58. The van der Waals surface area contributed by atoms with E-state index in [4.69, 9.17) is 4.74 Å². The van der Waals surface area contributed by atoms with E-state index in [-0.39, 0.29) is 11.2 Å². The van der Waals surface area contributed by atoms with Gasteiger partial charge in [-0.05, 0) is 58.4 Å². The molecule has 27 heavy (non-hydrogen) atoms. The Kier molecular flexibility index (Phi) is 6.32. The lowest BCUT2D eigenvalue weighted by molar-refractivity contribution is -0.384. The van der Waals surface area contributed by atoms with Crippen LogP contribution in [-0.4, -0.2) is 42.3 Å². The number of nitrogens with zero attached hydrogens (tertiary/aromatic N) is 2. The molecule has 1 aliphatic carbocycles. The molecule has 0 radical (unpaired) electrons. The third kappa shape index (κ3) is 4.96. The molecule has 6 nitrogen and oxygen atoms in total. The molecule has 1 aromatic rings. The SMILES string of the molecule is CCOC1CCC(C)(NC2CCN(c3cc(F)ccc3[N+](=O)[O-])CC2)CC1. The largest absolute Gasteiger partial charge is 0.379 e. The summed E-state index contributed by atoms with van der Waals surface area (Å²) < 4.78 is 19.4. The topological polar surface area (TPSA) is 67.6 Å². The minimum atomic E-state index is -0.436. The number of nitrogens with one attached hydrogen (secondary N) is 1. The van der Waals surface area contributed by atoms with Gasteiger partial charge < -0.3 is 15.0 Å². The van der Waals surface area contributed by atoms with Gasteiger partial charge in [0, 0.05) is 43.4 Å². The number of hydrogen-bond donors (Lipinski definition) is 1. The van der Waals surface area contributed by atoms with Crippen molar-refractivity contribution < 1.29 is 14.1 Å². The summed E-state index contributed by atoms with van der Waals surface area (Å²) in [6.45, 7) is 6.50. The molecule has 0 bridgehead atoms. The van der Waals surface area contributed by atoms with Crippen molar-refractivity contribution in [3.05, 3.63) is 34.1 Å². The lowest BCUT2D eigenvalue weighted by Gasteiger charge is -2.43. The Balaban J connectivity index is 1.55. The second-order valence-corrected chi connectivity index (χ2v) is 8.01. The van der Waals surface area contributed by atoms with Crippen molar-refractivity contribution in [1.82, 2.24) is 5.32 Å². The Bertz CT molecular complexity index is 654. The number of rotatable bonds is 6. The monoisotopic (exact) mass is 379 g/mol. The second kappa shape index (κ2) is 8.52. The maximum atomic E-state index is 13.6. The molecule has 0 unspecified atom stereocenters. The fraction of sp³-hybridized carbons (Fsp3) is 0.700. The van der Waals surface area contributed by atoms with Crippen LogP contribution < -0.4 is 10.2 Å². The fourth-order valence-electron chi connectivity index (χ4n) is 4.44. The van der Waals surface area contributed by atoms with Gasteiger partial charge in [0.15, 0.2) is 0 Å². The summed E-state index contributed by atoms with van der Waals surface area (Å²) >= 11 is 0. The van der Waals surface area contributed by atoms with Gasteiger partial charge in [-0.1, -0.05) is 0 Å². The average Bonchev–Trinajstić information content (AvgIpc) is 2.64. The zero-order valence-corrected chi connectivity index (χ0v) is 16.2. The summed E-state index contributed by atoms with van der Waals surface area (Å²) in [7, 11) is 0. The van der Waals surface area contributed by atoms with Gasteiger partial charge in [-0.15, -0.1) is 0 Å². The molecule has 1 N–H and O–H groups in total. The maximum absolute atomic E-state index is 13.6. The first-order chi connectivity index (χ1) is 12.9. The van der Waals surface area contributed by atoms with Crippen molar-refractivity contribution in [2.45, 2.75) is 70.1 Å². The summed E-state index contributed by atoms with van der Waals surface area (Å²) in [6, 6.07) is 4.08. The van der Waals surface area contributed by atoms with Gasteiger partial charge in [0.2, 0.25) is 0 Å². The van der Waals surface area contributed by atoms with E-state index in [1.807, 2.05) is 11.8 Å². The van der Waals surface area contributed by atoms with Crippen molar-refractivity contribution >= 4 is 11.4 Å². The van der Waals surface area contributed by atoms with Gasteiger partial charge in [-0.25, -0.2) is 4.39 Å². The standard InChI is InChI=1S/C20H30FN3O3/c1-3-27-17-6-10-20(2,11-7-17)22-16-8-12-23(13-9-16)19-14-15(21)4-5-18(19)24(25)26/h4-5,14,16-17,22H,3,6-13H2,1-2H3. The number of anilines is 1. The van der Waals surface area contributed by atoms with Gasteiger partial charge in [0.1, 0.15) is 11.5 Å². The molecule has 0 aromatic heterocycles. The number of hydrogen-bond acceptors (Lipinski definition) is 5. The molecule has 1 aromatic carbocycles. The molecule has 150 valence electrons. The number of halogens is 1. The van der Waals surface area contributed by atoms with Crippen LogP contribution in [0.5, 0.6) is 0 Å². The highest BCUT2D eigenvalue weighted by Crippen LogP contribution is 2.33. The smallest absolute Gasteiger partial charge is 0.292 e. The first kappa shape index (κ1) is 20.0. The minimum Gasteiger partial charge on any atom is -0.379 e. The molecule has 2 aliphatic rings. The predicted octanol–water partition coefficient (Wildman–Crippen LogP) is 4.03. The quantitative estimate of drug-likeness (QED) is 0.597. The van der Waals surface area contributed by atoms with Crippen LogP contribution in [0.25, 0.3) is 0 Å². The van der Waals surface area contributed by atoms with Crippen LogP contribution in [0.15, 0.2) is 18.2 Å². The molecule has 1 saturated carbocycles. The van der Waals surface area contributed by atoms with Crippen LogP contribution in [-0.2, 0) is 4.74 Å². The van der Waals surface area contributed by atoms with E-state index in [1.54, 1.807) is 0 Å². The predicted molar refractivity (Wildman–Crippen MR) is 104 cm³/mol. The fourth-order valence-corrected chi connectivity index (χ4v) is 4.44. The molecule has 7 heteroatoms. The third-order valence-electron chi connectivity index (χ3n) is 5.96. The van der Waals surface area contributed by atoms with Crippen molar-refractivity contribution in [3.8, 4) is 0 Å². The first-order valence-corrected chi connectivity index (χ1v) is 9.98. The Morgan fingerprint density at radius 1 is 1.30 bits per heavy atom. The van der Waals surface area contributed by atoms with Gasteiger partial charge in [0.25, 0.3) is 5.69 Å². The second-order valence-electron chi connectivity index (χ2n) is 8.01. The van der Waals surface area contributed by atoms with E-state index >= 15 is 0 Å². The number of nitro benzene ring substituents is 1. The maximum Gasteiger partial charge on any atom is 0.292 e. The Labute approximate surface area is 160 Å². The molecule has 0 atom stereocenters. The van der Waals surface area contributed by atoms with E-state index in [2.05, 4.69) is 12.2 Å². The Morgan fingerprint density at radius 2 is 1.96 bits per heavy atom. The van der Waals surface area contributed by atoms with Crippen LogP contribution in [0.4, 0.5) is 15.8 Å². The molecule has 1 saturated heterocycles. The third-order valence-corrected chi connectivity index (χ3v) is 5.96. The highest BCUT2D eigenvalue weighted by atomic mass is 19.1. The molecular formula is C20H30FN3O3. The molecule has 1 aliphatic heterocycles. The first-order valence-electron chi connectivity index (χ1n) is 9.98. The zero-order chi connectivity index (χ0) is 19.4. The van der Waals surface area contributed by atoms with E-state index in [1.165, 1.54) is 12.1 Å². The summed E-state index contributed by atoms with van der Waals surface area (Å²) in [4.78, 5) is 12.8. The molecule has 0 spiro atoms. The van der Waals surface area contributed by atoms with Crippen LogP contribution in [0.3, 0.4) is 0 Å². The average molecular weight is 379 g/mol. The molecule has 3 rings (SSSR count). The van der Waals surface area contributed by atoms with Crippen molar-refractivity contribution in [2.24, 2.45) is 0 Å². The van der Waals surface area contributed by atoms with Gasteiger partial charge in [0.05, 0.1) is 11.0 Å². The normalized spacial score (nSPS) is 26.9. The number of benzene rings is 1. The lowest BCUT2D eigenvalue weighted by atomic mass is 9.80. The molecular weight excluding hydrogens is 349 g/mol. The van der Waals surface area contributed by atoms with Crippen molar-refractivity contribution in [1.29, 1.82) is 0 Å². The molecule has 2 fully saturated rings. The number of piperidine rings is 1. The summed E-state index contributed by atoms with van der Waals surface area (Å²) in [5.74, 6) is -0.436. The summed E-state index contributed by atoms with van der Waals surface area (Å²) in [5, 5.41) is 15.1. The van der Waals surface area contributed by atoms with Gasteiger partial charge in [-0.3, -0.25) is 10.1 Å². The van der Waals surface area contributed by atoms with E-state index < -0.39 is 10.7 Å². The van der Waals surface area contributed by atoms with Crippen molar-refractivity contribution in [3.63, 3.8) is 0 Å². The van der Waals surface area contributed by atoms with Crippen LogP contribution in [0, 0.1) is 15.9 Å². The summed E-state index contributed by atoms with van der Waals surface area (Å²) in [5.41, 5.74) is 0.497. The van der Waals surface area contributed by atoms with E-state index in [0.717, 1.165) is 51.2 Å². The highest BCUT2D eigenvalue weighted by molar-refractivity contribution is 5.63. The number of ether oxygens (including phenoxy) is 1. The van der Waals surface area contributed by atoms with E-state index in [9.17, 15) is 14.5 Å². The number of nitro groups is 1. The highest BCUT2D eigenvalue weighted by Gasteiger charge is 2.34. The van der Waals surface area contributed by atoms with Crippen molar-refractivity contribution in [2.75, 3.05) is 24.6 Å². The minimum absolute atomic E-state index is 0.0241. The zero-order valence-electron chi connectivity index (χ0n) is 16.2. The lowest BCUT2D eigenvalue weighted by Crippen LogP contribution is -2.54. The van der Waals surface area contributed by atoms with Crippen LogP contribution in [0.2, 0.25) is 0 Å². The van der Waals surface area contributed by atoms with Gasteiger partial charge in [-0.2, -0.15) is 0 Å².